The molecule has 6 heteroatoms. The third kappa shape index (κ3) is 4.90. The van der Waals surface area contributed by atoms with Crippen molar-refractivity contribution < 1.29 is 9.53 Å². The highest BCUT2D eigenvalue weighted by Gasteiger charge is 2.20. The second-order valence-corrected chi connectivity index (χ2v) is 9.19. The first kappa shape index (κ1) is 21.4. The van der Waals surface area contributed by atoms with Crippen LogP contribution >= 0.6 is 27.5 Å². The van der Waals surface area contributed by atoms with Gasteiger partial charge in [0.2, 0.25) is 0 Å². The van der Waals surface area contributed by atoms with Gasteiger partial charge in [-0.2, -0.15) is 0 Å². The van der Waals surface area contributed by atoms with Crippen LogP contribution in [0.4, 0.5) is 0 Å². The Balaban J connectivity index is 1.30. The molecule has 0 saturated carbocycles. The zero-order valence-electron chi connectivity index (χ0n) is 17.1. The number of rotatable bonds is 7. The van der Waals surface area contributed by atoms with Crippen molar-refractivity contribution in [3.05, 3.63) is 63.7 Å². The predicted octanol–water partition coefficient (Wildman–Crippen LogP) is 6.19. The van der Waals surface area contributed by atoms with E-state index >= 15 is 0 Å². The van der Waals surface area contributed by atoms with Crippen molar-refractivity contribution in [3.8, 4) is 5.75 Å². The van der Waals surface area contributed by atoms with Crippen molar-refractivity contribution in [2.75, 3.05) is 19.6 Å². The van der Waals surface area contributed by atoms with Crippen LogP contribution in [-0.2, 0) is 6.54 Å². The zero-order valence-corrected chi connectivity index (χ0v) is 19.5. The summed E-state index contributed by atoms with van der Waals surface area (Å²) < 4.78 is 9.34. The first-order valence-corrected chi connectivity index (χ1v) is 11.6. The standard InChI is InChI=1S/C24H26BrClN2O2/c1-17(29)22-16-28(24-21(22)7-3-8-23(24)25)12-4-11-27-13-9-19(10-14-27)30-20-6-2-5-18(26)15-20/h2-3,5-8,15-16,19H,4,9-14H2,1H3. The fourth-order valence-electron chi connectivity index (χ4n) is 4.22. The second kappa shape index (κ2) is 9.54. The number of aromatic nitrogens is 1. The molecule has 0 amide bonds. The molecule has 0 unspecified atom stereocenters. The maximum Gasteiger partial charge on any atom is 0.161 e. The van der Waals surface area contributed by atoms with Crippen LogP contribution < -0.4 is 4.74 Å². The lowest BCUT2D eigenvalue weighted by Gasteiger charge is -2.32. The van der Waals surface area contributed by atoms with Gasteiger partial charge < -0.3 is 14.2 Å². The number of fused-ring (bicyclic) bond motifs is 1. The maximum absolute atomic E-state index is 12.0. The molecule has 4 rings (SSSR count). The minimum absolute atomic E-state index is 0.110. The quantitative estimate of drug-likeness (QED) is 0.371. The van der Waals surface area contributed by atoms with Gasteiger partial charge in [-0.1, -0.05) is 29.8 Å². The molecule has 4 nitrogen and oxygen atoms in total. The fraction of sp³-hybridized carbons (Fsp3) is 0.375. The molecule has 0 N–H and O–H groups in total. The predicted molar refractivity (Wildman–Crippen MR) is 126 cm³/mol. The van der Waals surface area contributed by atoms with Gasteiger partial charge in [0.1, 0.15) is 11.9 Å². The van der Waals surface area contributed by atoms with Crippen molar-refractivity contribution in [3.63, 3.8) is 0 Å². The highest BCUT2D eigenvalue weighted by Crippen LogP contribution is 2.29. The number of ketones is 1. The van der Waals surface area contributed by atoms with E-state index in [4.69, 9.17) is 16.3 Å². The summed E-state index contributed by atoms with van der Waals surface area (Å²) in [6, 6.07) is 13.7. The van der Waals surface area contributed by atoms with E-state index in [-0.39, 0.29) is 11.9 Å². The summed E-state index contributed by atoms with van der Waals surface area (Å²) in [4.78, 5) is 14.5. The first-order chi connectivity index (χ1) is 14.5. The third-order valence-corrected chi connectivity index (χ3v) is 6.61. The SMILES string of the molecule is CC(=O)c1cn(CCCN2CCC(Oc3cccc(Cl)c3)CC2)c2c(Br)cccc12. The molecule has 1 aromatic heterocycles. The minimum Gasteiger partial charge on any atom is -0.490 e. The molecule has 1 saturated heterocycles. The highest BCUT2D eigenvalue weighted by atomic mass is 79.9. The Kier molecular flexibility index (Phi) is 6.81. The lowest BCUT2D eigenvalue weighted by atomic mass is 10.1. The minimum atomic E-state index is 0.110. The molecule has 1 fully saturated rings. The van der Waals surface area contributed by atoms with Gasteiger partial charge in [-0.25, -0.2) is 0 Å². The Morgan fingerprint density at radius 1 is 1.17 bits per heavy atom. The molecule has 0 bridgehead atoms. The molecule has 0 aliphatic carbocycles. The number of carbonyl (C=O) groups excluding carboxylic acids is 1. The van der Waals surface area contributed by atoms with Gasteiger partial charge >= 0.3 is 0 Å². The molecule has 0 atom stereocenters. The molecule has 30 heavy (non-hydrogen) atoms. The number of likely N-dealkylation sites (tertiary alicyclic amines) is 1. The number of piperidine rings is 1. The Morgan fingerprint density at radius 3 is 2.67 bits per heavy atom. The monoisotopic (exact) mass is 488 g/mol. The van der Waals surface area contributed by atoms with E-state index in [2.05, 4.69) is 25.4 Å². The number of hydrogen-bond acceptors (Lipinski definition) is 3. The van der Waals surface area contributed by atoms with Gasteiger partial charge in [-0.05, 0) is 72.9 Å². The van der Waals surface area contributed by atoms with E-state index < -0.39 is 0 Å². The van der Waals surface area contributed by atoms with Crippen molar-refractivity contribution in [1.82, 2.24) is 9.47 Å². The average Bonchev–Trinajstić information content (AvgIpc) is 3.10. The van der Waals surface area contributed by atoms with Crippen molar-refractivity contribution in [2.24, 2.45) is 0 Å². The molecule has 158 valence electrons. The van der Waals surface area contributed by atoms with Crippen LogP contribution in [0.3, 0.4) is 0 Å². The van der Waals surface area contributed by atoms with E-state index in [1.54, 1.807) is 6.92 Å². The number of carbonyl (C=O) groups is 1. The normalized spacial score (nSPS) is 15.6. The molecule has 1 aliphatic rings. The maximum atomic E-state index is 12.0. The van der Waals surface area contributed by atoms with Gasteiger partial charge in [0.15, 0.2) is 5.78 Å². The number of Topliss-reactive ketones (excluding diaryl/α,β-unsaturated/α-hetero) is 1. The molecule has 2 aromatic carbocycles. The summed E-state index contributed by atoms with van der Waals surface area (Å²) in [5, 5.41) is 1.73. The molecule has 0 radical (unpaired) electrons. The third-order valence-electron chi connectivity index (χ3n) is 5.74. The van der Waals surface area contributed by atoms with Crippen LogP contribution in [-0.4, -0.2) is 41.0 Å². The van der Waals surface area contributed by atoms with E-state index in [1.165, 1.54) is 0 Å². The van der Waals surface area contributed by atoms with Crippen molar-refractivity contribution in [1.29, 1.82) is 0 Å². The summed E-state index contributed by atoms with van der Waals surface area (Å²) in [7, 11) is 0. The largest absolute Gasteiger partial charge is 0.490 e. The van der Waals surface area contributed by atoms with Crippen LogP contribution in [0.5, 0.6) is 5.75 Å². The van der Waals surface area contributed by atoms with E-state index in [0.29, 0.717) is 5.02 Å². The fourth-order valence-corrected chi connectivity index (χ4v) is 4.99. The number of aryl methyl sites for hydroxylation is 1. The van der Waals surface area contributed by atoms with Crippen molar-refractivity contribution >= 4 is 44.2 Å². The Morgan fingerprint density at radius 2 is 1.93 bits per heavy atom. The van der Waals surface area contributed by atoms with E-state index in [9.17, 15) is 4.79 Å². The summed E-state index contributed by atoms with van der Waals surface area (Å²) >= 11 is 9.70. The van der Waals surface area contributed by atoms with Crippen molar-refractivity contribution in [2.45, 2.75) is 38.8 Å². The Labute approximate surface area is 190 Å². The Hall–Kier alpha value is -1.82. The lowest BCUT2D eigenvalue weighted by Crippen LogP contribution is -2.38. The van der Waals surface area contributed by atoms with Crippen LogP contribution in [0.1, 0.15) is 36.5 Å². The van der Waals surface area contributed by atoms with Gasteiger partial charge in [-0.3, -0.25) is 4.79 Å². The van der Waals surface area contributed by atoms with E-state index in [1.807, 2.05) is 48.7 Å². The van der Waals surface area contributed by atoms with Crippen LogP contribution in [0.25, 0.3) is 10.9 Å². The molecule has 1 aliphatic heterocycles. The van der Waals surface area contributed by atoms with Crippen LogP contribution in [0, 0.1) is 0 Å². The number of hydrogen-bond donors (Lipinski definition) is 0. The number of ether oxygens (including phenoxy) is 1. The average molecular weight is 490 g/mol. The van der Waals surface area contributed by atoms with Gasteiger partial charge in [-0.15, -0.1) is 0 Å². The second-order valence-electron chi connectivity index (χ2n) is 7.90. The molecule has 0 spiro atoms. The molecule has 3 aromatic rings. The van der Waals surface area contributed by atoms with Gasteiger partial charge in [0.05, 0.1) is 5.52 Å². The van der Waals surface area contributed by atoms with Crippen LogP contribution in [0.2, 0.25) is 5.02 Å². The zero-order chi connectivity index (χ0) is 21.1. The molecular weight excluding hydrogens is 464 g/mol. The lowest BCUT2D eigenvalue weighted by molar-refractivity contribution is 0.0993. The van der Waals surface area contributed by atoms with E-state index in [0.717, 1.165) is 72.1 Å². The summed E-state index contributed by atoms with van der Waals surface area (Å²) in [6.07, 6.45) is 5.35. The van der Waals surface area contributed by atoms with Crippen LogP contribution in [0.15, 0.2) is 53.1 Å². The van der Waals surface area contributed by atoms with Gasteiger partial charge in [0, 0.05) is 46.3 Å². The number of nitrogens with zero attached hydrogens (tertiary/aromatic N) is 2. The Bertz CT molecular complexity index is 1040. The summed E-state index contributed by atoms with van der Waals surface area (Å²) in [5.74, 6) is 0.964. The molecular formula is C24H26BrClN2O2. The smallest absolute Gasteiger partial charge is 0.161 e. The number of halogens is 2. The van der Waals surface area contributed by atoms with Gasteiger partial charge in [0.25, 0.3) is 0 Å². The molecule has 2 heterocycles. The topological polar surface area (TPSA) is 34.5 Å². The highest BCUT2D eigenvalue weighted by molar-refractivity contribution is 9.10. The first-order valence-electron chi connectivity index (χ1n) is 10.4. The summed E-state index contributed by atoms with van der Waals surface area (Å²) in [5.41, 5.74) is 1.90. The number of para-hydroxylation sites is 1. The summed E-state index contributed by atoms with van der Waals surface area (Å²) in [6.45, 7) is 5.66. The number of benzene rings is 2.